The van der Waals surface area contributed by atoms with Crippen molar-refractivity contribution in [1.29, 1.82) is 0 Å². The van der Waals surface area contributed by atoms with E-state index in [-0.39, 0.29) is 5.12 Å². The maximum atomic E-state index is 11.2. The first kappa shape index (κ1) is 13.3. The van der Waals surface area contributed by atoms with Crippen molar-refractivity contribution in [3.05, 3.63) is 41.4 Å². The van der Waals surface area contributed by atoms with Gasteiger partial charge in [-0.25, -0.2) is 0 Å². The van der Waals surface area contributed by atoms with Crippen molar-refractivity contribution in [3.63, 3.8) is 0 Å². The highest BCUT2D eigenvalue weighted by atomic mass is 35.5. The first-order valence-corrected chi connectivity index (χ1v) is 6.89. The lowest BCUT2D eigenvalue weighted by molar-refractivity contribution is -0.116. The molecular formula is C15H11ClO3S. The molecule has 0 radical (unpaired) electrons. The number of hydrogen-bond acceptors (Lipinski definition) is 3. The fourth-order valence-electron chi connectivity index (χ4n) is 2.11. The molecule has 0 aliphatic rings. The fourth-order valence-corrected chi connectivity index (χ4v) is 2.32. The Morgan fingerprint density at radius 1 is 1.30 bits per heavy atom. The monoisotopic (exact) mass is 306 g/mol. The van der Waals surface area contributed by atoms with Gasteiger partial charge in [-0.3, -0.25) is 4.79 Å². The quantitative estimate of drug-likeness (QED) is 0.726. The standard InChI is InChI=1S/C15H11ClO3S/c1-8(15(17)20)18-11-3-2-4-12-14(11)10-6-5-9(16)7-13(10)19-12/h2-8H,1H3,(H,17,20). The van der Waals surface area contributed by atoms with Crippen molar-refractivity contribution in [3.8, 4) is 5.75 Å². The van der Waals surface area contributed by atoms with E-state index in [0.29, 0.717) is 21.9 Å². The Morgan fingerprint density at radius 3 is 2.85 bits per heavy atom. The second-order valence-electron chi connectivity index (χ2n) is 4.47. The van der Waals surface area contributed by atoms with Crippen molar-refractivity contribution in [2.24, 2.45) is 0 Å². The van der Waals surface area contributed by atoms with Gasteiger partial charge in [-0.2, -0.15) is 0 Å². The maximum Gasteiger partial charge on any atom is 0.226 e. The van der Waals surface area contributed by atoms with Crippen LogP contribution in [0.1, 0.15) is 6.92 Å². The van der Waals surface area contributed by atoms with Crippen molar-refractivity contribution in [2.75, 3.05) is 0 Å². The number of rotatable bonds is 3. The lowest BCUT2D eigenvalue weighted by Gasteiger charge is -2.11. The van der Waals surface area contributed by atoms with Crippen LogP contribution in [-0.4, -0.2) is 11.2 Å². The van der Waals surface area contributed by atoms with Crippen LogP contribution >= 0.6 is 24.2 Å². The predicted molar refractivity (Wildman–Crippen MR) is 82.8 cm³/mol. The molecule has 0 amide bonds. The Hall–Kier alpha value is -1.65. The number of hydrogen-bond donors (Lipinski definition) is 1. The van der Waals surface area contributed by atoms with Gasteiger partial charge in [-0.05, 0) is 31.2 Å². The minimum atomic E-state index is -0.624. The molecule has 1 unspecified atom stereocenters. The van der Waals surface area contributed by atoms with Gasteiger partial charge in [0.15, 0.2) is 6.10 Å². The summed E-state index contributed by atoms with van der Waals surface area (Å²) in [5, 5.41) is 2.02. The van der Waals surface area contributed by atoms with E-state index in [1.165, 1.54) is 0 Å². The average Bonchev–Trinajstić information content (AvgIpc) is 2.76. The van der Waals surface area contributed by atoms with E-state index in [2.05, 4.69) is 12.6 Å². The van der Waals surface area contributed by atoms with Crippen LogP contribution in [0.15, 0.2) is 40.8 Å². The van der Waals surface area contributed by atoms with Crippen molar-refractivity contribution >= 4 is 51.3 Å². The summed E-state index contributed by atoms with van der Waals surface area (Å²) in [7, 11) is 0. The fraction of sp³-hybridized carbons (Fsp3) is 0.133. The molecule has 0 aliphatic heterocycles. The van der Waals surface area contributed by atoms with Gasteiger partial charge in [0, 0.05) is 16.5 Å². The summed E-state index contributed by atoms with van der Waals surface area (Å²) in [4.78, 5) is 11.2. The molecule has 3 nitrogen and oxygen atoms in total. The van der Waals surface area contributed by atoms with Crippen LogP contribution in [0.2, 0.25) is 5.02 Å². The highest BCUT2D eigenvalue weighted by molar-refractivity contribution is 7.96. The zero-order valence-electron chi connectivity index (χ0n) is 10.6. The molecule has 0 spiro atoms. The van der Waals surface area contributed by atoms with Crippen molar-refractivity contribution in [2.45, 2.75) is 13.0 Å². The highest BCUT2D eigenvalue weighted by Crippen LogP contribution is 2.36. The minimum absolute atomic E-state index is 0.321. The zero-order chi connectivity index (χ0) is 14.3. The molecule has 102 valence electrons. The lowest BCUT2D eigenvalue weighted by Crippen LogP contribution is -2.19. The summed E-state index contributed by atoms with van der Waals surface area (Å²) in [5.41, 5.74) is 1.38. The zero-order valence-corrected chi connectivity index (χ0v) is 12.2. The van der Waals surface area contributed by atoms with Crippen molar-refractivity contribution < 1.29 is 13.9 Å². The highest BCUT2D eigenvalue weighted by Gasteiger charge is 2.16. The molecule has 1 heterocycles. The first-order valence-electron chi connectivity index (χ1n) is 6.06. The number of ether oxygens (including phenoxy) is 1. The van der Waals surface area contributed by atoms with Gasteiger partial charge < -0.3 is 9.15 Å². The average molecular weight is 307 g/mol. The molecule has 1 atom stereocenters. The Labute approximate surface area is 125 Å². The number of carbonyl (C=O) groups excluding carboxylic acids is 1. The van der Waals surface area contributed by atoms with Crippen LogP contribution in [0.4, 0.5) is 0 Å². The third kappa shape index (κ3) is 2.25. The van der Waals surface area contributed by atoms with Crippen LogP contribution in [0.25, 0.3) is 21.9 Å². The maximum absolute atomic E-state index is 11.2. The van der Waals surface area contributed by atoms with E-state index in [9.17, 15) is 4.79 Å². The van der Waals surface area contributed by atoms with E-state index in [1.807, 2.05) is 18.2 Å². The molecule has 20 heavy (non-hydrogen) atoms. The topological polar surface area (TPSA) is 39.4 Å². The largest absolute Gasteiger partial charge is 0.481 e. The van der Waals surface area contributed by atoms with E-state index in [4.69, 9.17) is 20.8 Å². The second kappa shape index (κ2) is 5.04. The lowest BCUT2D eigenvalue weighted by atomic mass is 10.1. The number of benzene rings is 2. The number of fused-ring (bicyclic) bond motifs is 3. The van der Waals surface area contributed by atoms with Crippen LogP contribution in [-0.2, 0) is 4.79 Å². The third-order valence-corrected chi connectivity index (χ3v) is 3.67. The van der Waals surface area contributed by atoms with Gasteiger partial charge >= 0.3 is 0 Å². The molecule has 1 aromatic heterocycles. The molecular weight excluding hydrogens is 296 g/mol. The van der Waals surface area contributed by atoms with E-state index >= 15 is 0 Å². The molecule has 2 aromatic carbocycles. The summed E-state index contributed by atoms with van der Waals surface area (Å²) < 4.78 is 11.4. The molecule has 0 N–H and O–H groups in total. The van der Waals surface area contributed by atoms with Crippen LogP contribution in [0.5, 0.6) is 5.75 Å². The van der Waals surface area contributed by atoms with Crippen LogP contribution in [0.3, 0.4) is 0 Å². The Kier molecular flexibility index (Phi) is 3.36. The Morgan fingerprint density at radius 2 is 2.10 bits per heavy atom. The molecule has 3 rings (SSSR count). The van der Waals surface area contributed by atoms with Crippen LogP contribution in [0, 0.1) is 0 Å². The van der Waals surface area contributed by atoms with Gasteiger partial charge in [-0.15, -0.1) is 12.6 Å². The first-order chi connectivity index (χ1) is 9.56. The number of furan rings is 1. The molecule has 0 saturated heterocycles. The van der Waals surface area contributed by atoms with Gasteiger partial charge in [0.2, 0.25) is 5.12 Å². The van der Waals surface area contributed by atoms with E-state index in [1.54, 1.807) is 25.1 Å². The molecule has 0 aliphatic carbocycles. The summed E-state index contributed by atoms with van der Waals surface area (Å²) in [6.07, 6.45) is -0.624. The molecule has 3 aromatic rings. The molecule has 0 fully saturated rings. The summed E-state index contributed by atoms with van der Waals surface area (Å²) in [5.74, 6) is 0.596. The molecule has 0 saturated carbocycles. The molecule has 5 heteroatoms. The predicted octanol–water partition coefficient (Wildman–Crippen LogP) is 4.46. The number of carbonyl (C=O) groups is 1. The van der Waals surface area contributed by atoms with Crippen LogP contribution < -0.4 is 4.74 Å². The number of thiol groups is 1. The second-order valence-corrected chi connectivity index (χ2v) is 5.35. The SMILES string of the molecule is CC(Oc1cccc2oc3cc(Cl)ccc3c12)C(=O)S. The van der Waals surface area contributed by atoms with E-state index in [0.717, 1.165) is 10.8 Å². The molecule has 0 bridgehead atoms. The van der Waals surface area contributed by atoms with Crippen molar-refractivity contribution in [1.82, 2.24) is 0 Å². The summed E-state index contributed by atoms with van der Waals surface area (Å²) in [6.45, 7) is 1.66. The van der Waals surface area contributed by atoms with Gasteiger partial charge in [0.1, 0.15) is 16.9 Å². The summed E-state index contributed by atoms with van der Waals surface area (Å²) in [6, 6.07) is 10.9. The Balaban J connectivity index is 2.22. The summed E-state index contributed by atoms with van der Waals surface area (Å²) >= 11 is 9.75. The Bertz CT molecular complexity index is 809. The smallest absolute Gasteiger partial charge is 0.226 e. The minimum Gasteiger partial charge on any atom is -0.481 e. The normalized spacial score (nSPS) is 12.8. The van der Waals surface area contributed by atoms with Gasteiger partial charge in [0.05, 0.1) is 5.39 Å². The van der Waals surface area contributed by atoms with Gasteiger partial charge in [-0.1, -0.05) is 17.7 Å². The van der Waals surface area contributed by atoms with Gasteiger partial charge in [0.25, 0.3) is 0 Å². The third-order valence-electron chi connectivity index (χ3n) is 3.07. The van der Waals surface area contributed by atoms with E-state index < -0.39 is 6.10 Å². The number of halogens is 1.